The third-order valence-electron chi connectivity index (χ3n) is 8.30. The quantitative estimate of drug-likeness (QED) is 0.295. The highest BCUT2D eigenvalue weighted by molar-refractivity contribution is 7.91. The van der Waals surface area contributed by atoms with Gasteiger partial charge >= 0.3 is 6.18 Å². The minimum absolute atomic E-state index is 0.0130. The molecule has 0 spiro atoms. The van der Waals surface area contributed by atoms with Gasteiger partial charge < -0.3 is 15.1 Å². The molecule has 4 rings (SSSR count). The predicted molar refractivity (Wildman–Crippen MR) is 164 cm³/mol. The second-order valence-electron chi connectivity index (χ2n) is 11.1. The van der Waals surface area contributed by atoms with Crippen LogP contribution >= 0.6 is 0 Å². The third kappa shape index (κ3) is 7.99. The second-order valence-corrected chi connectivity index (χ2v) is 13.4. The van der Waals surface area contributed by atoms with Crippen LogP contribution in [-0.2, 0) is 27.4 Å². The molecule has 2 atom stereocenters. The average Bonchev–Trinajstić information content (AvgIpc) is 3.03. The molecular formula is C33H38F3N3O4S. The number of benzene rings is 3. The molecule has 1 aliphatic rings. The zero-order chi connectivity index (χ0) is 32.1. The van der Waals surface area contributed by atoms with Gasteiger partial charge in [0.25, 0.3) is 5.91 Å². The van der Waals surface area contributed by atoms with Crippen molar-refractivity contribution in [2.75, 3.05) is 30.8 Å². The summed E-state index contributed by atoms with van der Waals surface area (Å²) < 4.78 is 63.4. The summed E-state index contributed by atoms with van der Waals surface area (Å²) in [6, 6.07) is 18.7. The van der Waals surface area contributed by atoms with Gasteiger partial charge in [-0.05, 0) is 79.4 Å². The first-order valence-corrected chi connectivity index (χ1v) is 16.3. The lowest BCUT2D eigenvalue weighted by atomic mass is 9.85. The number of carbonyl (C=O) groups is 2. The van der Waals surface area contributed by atoms with E-state index >= 15 is 0 Å². The fraction of sp³-hybridized carbons (Fsp3) is 0.394. The molecule has 0 aliphatic carbocycles. The highest BCUT2D eigenvalue weighted by Crippen LogP contribution is 2.36. The van der Waals surface area contributed by atoms with Gasteiger partial charge in [-0.25, -0.2) is 8.42 Å². The molecule has 44 heavy (non-hydrogen) atoms. The van der Waals surface area contributed by atoms with Crippen LogP contribution in [0.15, 0.2) is 77.7 Å². The number of nitrogens with one attached hydrogen (secondary N) is 1. The molecule has 3 aromatic carbocycles. The van der Waals surface area contributed by atoms with Gasteiger partial charge in [0.05, 0.1) is 16.2 Å². The summed E-state index contributed by atoms with van der Waals surface area (Å²) in [7, 11) is -1.54. The van der Waals surface area contributed by atoms with Crippen molar-refractivity contribution in [2.45, 2.75) is 62.7 Å². The molecule has 1 heterocycles. The first-order chi connectivity index (χ1) is 20.8. The zero-order valence-corrected chi connectivity index (χ0v) is 25.9. The molecule has 0 radical (unpaired) electrons. The molecule has 0 saturated carbocycles. The monoisotopic (exact) mass is 629 g/mol. The van der Waals surface area contributed by atoms with Crippen LogP contribution in [0.25, 0.3) is 0 Å². The molecule has 1 aliphatic heterocycles. The Kier molecular flexibility index (Phi) is 10.4. The number of hydrogen-bond acceptors (Lipinski definition) is 5. The van der Waals surface area contributed by atoms with Gasteiger partial charge in [-0.15, -0.1) is 0 Å². The number of sulfone groups is 1. The van der Waals surface area contributed by atoms with Gasteiger partial charge in [0.2, 0.25) is 5.91 Å². The number of rotatable bonds is 10. The Morgan fingerprint density at radius 2 is 1.57 bits per heavy atom. The van der Waals surface area contributed by atoms with Crippen molar-refractivity contribution in [1.82, 2.24) is 10.2 Å². The molecule has 1 N–H and O–H groups in total. The summed E-state index contributed by atoms with van der Waals surface area (Å²) >= 11 is 0. The molecule has 0 aromatic heterocycles. The maximum atomic E-state index is 13.1. The van der Waals surface area contributed by atoms with Crippen molar-refractivity contribution in [3.63, 3.8) is 0 Å². The number of alkyl halides is 3. The van der Waals surface area contributed by atoms with Crippen LogP contribution in [0.5, 0.6) is 0 Å². The summed E-state index contributed by atoms with van der Waals surface area (Å²) in [6.07, 6.45) is -2.66. The van der Waals surface area contributed by atoms with E-state index in [2.05, 4.69) is 10.2 Å². The first kappa shape index (κ1) is 33.0. The molecule has 7 nitrogen and oxygen atoms in total. The van der Waals surface area contributed by atoms with Crippen molar-refractivity contribution < 1.29 is 31.2 Å². The highest BCUT2D eigenvalue weighted by atomic mass is 32.2. The number of anilines is 1. The van der Waals surface area contributed by atoms with Crippen LogP contribution in [0.2, 0.25) is 0 Å². The minimum atomic E-state index is -4.40. The van der Waals surface area contributed by atoms with Crippen molar-refractivity contribution in [3.05, 3.63) is 95.1 Å². The molecule has 11 heteroatoms. The number of halogens is 3. The number of piperidine rings is 1. The number of amides is 2. The van der Waals surface area contributed by atoms with E-state index in [0.29, 0.717) is 31.5 Å². The number of hydrogen-bond donors (Lipinski definition) is 1. The predicted octanol–water partition coefficient (Wildman–Crippen LogP) is 6.05. The third-order valence-corrected chi connectivity index (χ3v) is 10.1. The number of nitrogens with zero attached hydrogens (tertiary/aromatic N) is 2. The molecule has 1 fully saturated rings. The van der Waals surface area contributed by atoms with Crippen LogP contribution in [0.3, 0.4) is 0 Å². The fourth-order valence-electron chi connectivity index (χ4n) is 5.38. The normalized spacial score (nSPS) is 17.3. The molecular weight excluding hydrogens is 591 g/mol. The topological polar surface area (TPSA) is 86.8 Å². The lowest BCUT2D eigenvalue weighted by Crippen LogP contribution is -2.45. The molecule has 1 unspecified atom stereocenters. The van der Waals surface area contributed by atoms with Crippen molar-refractivity contribution in [2.24, 2.45) is 0 Å². The van der Waals surface area contributed by atoms with E-state index in [1.54, 1.807) is 43.1 Å². The van der Waals surface area contributed by atoms with E-state index < -0.39 is 21.6 Å². The van der Waals surface area contributed by atoms with E-state index in [-0.39, 0.29) is 41.0 Å². The maximum absolute atomic E-state index is 13.1. The van der Waals surface area contributed by atoms with E-state index in [1.807, 2.05) is 19.1 Å². The molecule has 2 amide bonds. The van der Waals surface area contributed by atoms with E-state index in [0.717, 1.165) is 35.4 Å². The molecule has 1 saturated heterocycles. The van der Waals surface area contributed by atoms with Crippen molar-refractivity contribution >= 4 is 27.3 Å². The Morgan fingerprint density at radius 1 is 0.932 bits per heavy atom. The molecule has 0 bridgehead atoms. The first-order valence-electron chi connectivity index (χ1n) is 14.7. The summed E-state index contributed by atoms with van der Waals surface area (Å²) in [5, 5.41) is 2.85. The molecule has 236 valence electrons. The van der Waals surface area contributed by atoms with E-state index in [4.69, 9.17) is 0 Å². The van der Waals surface area contributed by atoms with E-state index in [9.17, 15) is 31.2 Å². The van der Waals surface area contributed by atoms with Crippen LogP contribution in [0.4, 0.5) is 18.9 Å². The van der Waals surface area contributed by atoms with Crippen LogP contribution in [0, 0.1) is 0 Å². The Balaban J connectivity index is 1.48. The summed E-state index contributed by atoms with van der Waals surface area (Å²) in [5.74, 6) is -0.278. The lowest BCUT2D eigenvalue weighted by molar-refractivity contribution is -0.137. The summed E-state index contributed by atoms with van der Waals surface area (Å²) in [6.45, 7) is 4.83. The van der Waals surface area contributed by atoms with Crippen molar-refractivity contribution in [1.29, 1.82) is 0 Å². The summed E-state index contributed by atoms with van der Waals surface area (Å²) in [5.41, 5.74) is 2.15. The van der Waals surface area contributed by atoms with Crippen LogP contribution in [-0.4, -0.2) is 57.1 Å². The van der Waals surface area contributed by atoms with Gasteiger partial charge in [0, 0.05) is 56.3 Å². The highest BCUT2D eigenvalue weighted by Gasteiger charge is 2.33. The largest absolute Gasteiger partial charge is 0.416 e. The fourth-order valence-corrected chi connectivity index (χ4v) is 6.26. The second kappa shape index (κ2) is 13.8. The standard InChI is InChI=1S/C33H38F3N3O4S/c1-4-38(3)31(40)20-29-17-12-26(24-8-13-27(14-9-24)33(34,35)36)22-39(29)28-15-10-25(11-16-28)32(41)37-21-23-6-18-30(19-7-23)44(42,43)5-2/h6-11,13-16,18-19,26,29H,4-5,12,17,20-22H2,1-3H3,(H,37,41)/t26?,29-/m0/s1. The van der Waals surface area contributed by atoms with Gasteiger partial charge in [0.1, 0.15) is 0 Å². The zero-order valence-electron chi connectivity index (χ0n) is 25.1. The van der Waals surface area contributed by atoms with Gasteiger partial charge in [-0.3, -0.25) is 9.59 Å². The maximum Gasteiger partial charge on any atom is 0.416 e. The van der Waals surface area contributed by atoms with Crippen molar-refractivity contribution in [3.8, 4) is 0 Å². The Morgan fingerprint density at radius 3 is 2.14 bits per heavy atom. The van der Waals surface area contributed by atoms with Gasteiger partial charge in [-0.1, -0.05) is 31.2 Å². The van der Waals surface area contributed by atoms with Crippen LogP contribution in [0.1, 0.15) is 66.1 Å². The SMILES string of the molecule is CCN(C)C(=O)C[C@@H]1CCC(c2ccc(C(F)(F)F)cc2)CN1c1ccc(C(=O)NCc2ccc(S(=O)(=O)CC)cc2)cc1. The lowest BCUT2D eigenvalue weighted by Gasteiger charge is -2.42. The van der Waals surface area contributed by atoms with Crippen LogP contribution < -0.4 is 10.2 Å². The minimum Gasteiger partial charge on any atom is -0.367 e. The van der Waals surface area contributed by atoms with Gasteiger partial charge in [-0.2, -0.15) is 13.2 Å². The Hall–Kier alpha value is -3.86. The Bertz CT molecular complexity index is 1540. The number of carbonyl (C=O) groups excluding carboxylic acids is 2. The molecule has 3 aromatic rings. The summed E-state index contributed by atoms with van der Waals surface area (Å²) in [4.78, 5) is 29.7. The smallest absolute Gasteiger partial charge is 0.367 e. The van der Waals surface area contributed by atoms with E-state index in [1.165, 1.54) is 24.3 Å². The van der Waals surface area contributed by atoms with Gasteiger partial charge in [0.15, 0.2) is 9.84 Å². The Labute approximate surface area is 257 Å². The average molecular weight is 630 g/mol.